The molecule has 2 heterocycles. The summed E-state index contributed by atoms with van der Waals surface area (Å²) in [5, 5.41) is 1.25. The third kappa shape index (κ3) is 1.92. The van der Waals surface area contributed by atoms with Crippen LogP contribution in [-0.4, -0.2) is 9.55 Å². The van der Waals surface area contributed by atoms with Crippen LogP contribution in [0.5, 0.6) is 0 Å². The van der Waals surface area contributed by atoms with Gasteiger partial charge in [-0.3, -0.25) is 4.98 Å². The topological polar surface area (TPSA) is 17.8 Å². The van der Waals surface area contributed by atoms with Gasteiger partial charge >= 0.3 is 0 Å². The number of aryl methyl sites for hydroxylation is 1. The number of benzene rings is 1. The Bertz CT molecular complexity index is 686. The van der Waals surface area contributed by atoms with Crippen LogP contribution in [0.3, 0.4) is 0 Å². The number of hydrogen-bond donors (Lipinski definition) is 0. The normalized spacial score (nSPS) is 11.0. The van der Waals surface area contributed by atoms with Crippen LogP contribution in [0.2, 0.25) is 0 Å². The fraction of sp³-hybridized carbons (Fsp3) is 0.133. The van der Waals surface area contributed by atoms with Crippen LogP contribution in [0.25, 0.3) is 10.9 Å². The molecule has 0 unspecified atom stereocenters. The van der Waals surface area contributed by atoms with Gasteiger partial charge in [-0.1, -0.05) is 30.3 Å². The van der Waals surface area contributed by atoms with Gasteiger partial charge in [0.15, 0.2) is 0 Å². The van der Waals surface area contributed by atoms with E-state index in [1.807, 2.05) is 12.4 Å². The van der Waals surface area contributed by atoms with Gasteiger partial charge in [0.1, 0.15) is 0 Å². The summed E-state index contributed by atoms with van der Waals surface area (Å²) in [6.07, 6.45) is 3.81. The zero-order valence-corrected chi connectivity index (χ0v) is 12.3. The third-order valence-corrected chi connectivity index (χ3v) is 4.61. The number of hydrogen-bond acceptors (Lipinski definition) is 1. The molecule has 0 N–H and O–H groups in total. The highest BCUT2D eigenvalue weighted by molar-refractivity contribution is 14.1. The molecule has 3 aromatic rings. The number of pyridine rings is 1. The summed E-state index contributed by atoms with van der Waals surface area (Å²) < 4.78 is 3.64. The van der Waals surface area contributed by atoms with Crippen LogP contribution < -0.4 is 0 Å². The first-order chi connectivity index (χ1) is 8.77. The van der Waals surface area contributed by atoms with Crippen molar-refractivity contribution in [2.75, 3.05) is 0 Å². The SMILES string of the molecule is Cc1c(I)n(Cc2ccccc2)c2ccncc12. The molecular weight excluding hydrogens is 335 g/mol. The zero-order valence-electron chi connectivity index (χ0n) is 10.1. The van der Waals surface area contributed by atoms with Crippen LogP contribution in [-0.2, 0) is 6.54 Å². The lowest BCUT2D eigenvalue weighted by Gasteiger charge is -2.07. The van der Waals surface area contributed by atoms with E-state index < -0.39 is 0 Å². The molecule has 2 nitrogen and oxygen atoms in total. The molecule has 0 atom stereocenters. The summed E-state index contributed by atoms with van der Waals surface area (Å²) in [6.45, 7) is 3.07. The van der Waals surface area contributed by atoms with Crippen molar-refractivity contribution in [1.82, 2.24) is 9.55 Å². The van der Waals surface area contributed by atoms with Crippen molar-refractivity contribution in [2.45, 2.75) is 13.5 Å². The summed E-state index contributed by atoms with van der Waals surface area (Å²) in [6, 6.07) is 12.6. The van der Waals surface area contributed by atoms with Gasteiger partial charge in [0.05, 0.1) is 9.22 Å². The summed E-state index contributed by atoms with van der Waals surface area (Å²) in [4.78, 5) is 4.22. The molecule has 3 rings (SSSR count). The van der Waals surface area contributed by atoms with E-state index in [1.165, 1.54) is 25.7 Å². The molecule has 0 aliphatic carbocycles. The molecule has 0 fully saturated rings. The van der Waals surface area contributed by atoms with Crippen LogP contribution in [0, 0.1) is 10.6 Å². The third-order valence-electron chi connectivity index (χ3n) is 3.22. The van der Waals surface area contributed by atoms with Gasteiger partial charge in [-0.05, 0) is 46.7 Å². The molecule has 3 heteroatoms. The lowest BCUT2D eigenvalue weighted by Crippen LogP contribution is -2.01. The number of nitrogens with zero attached hydrogens (tertiary/aromatic N) is 2. The maximum atomic E-state index is 4.22. The van der Waals surface area contributed by atoms with Gasteiger partial charge in [-0.2, -0.15) is 0 Å². The van der Waals surface area contributed by atoms with Crippen LogP contribution in [0.4, 0.5) is 0 Å². The average Bonchev–Trinajstić information content (AvgIpc) is 2.66. The first kappa shape index (κ1) is 11.7. The highest BCUT2D eigenvalue weighted by atomic mass is 127. The van der Waals surface area contributed by atoms with E-state index in [9.17, 15) is 0 Å². The van der Waals surface area contributed by atoms with Crippen LogP contribution in [0.15, 0.2) is 48.8 Å². The number of fused-ring (bicyclic) bond motifs is 1. The highest BCUT2D eigenvalue weighted by Crippen LogP contribution is 2.26. The Labute approximate surface area is 120 Å². The Morgan fingerprint density at radius 3 is 2.72 bits per heavy atom. The molecule has 0 spiro atoms. The Hall–Kier alpha value is -1.36. The molecule has 18 heavy (non-hydrogen) atoms. The largest absolute Gasteiger partial charge is 0.331 e. The minimum atomic E-state index is 0.910. The van der Waals surface area contributed by atoms with Crippen LogP contribution in [0.1, 0.15) is 11.1 Å². The quantitative estimate of drug-likeness (QED) is 0.640. The molecule has 0 aliphatic heterocycles. The summed E-state index contributed by atoms with van der Waals surface area (Å²) in [7, 11) is 0. The van der Waals surface area contributed by atoms with E-state index >= 15 is 0 Å². The molecule has 1 aromatic carbocycles. The van der Waals surface area contributed by atoms with Gasteiger partial charge < -0.3 is 4.57 Å². The van der Waals surface area contributed by atoms with E-state index in [0.717, 1.165) is 6.54 Å². The average molecular weight is 348 g/mol. The smallest absolute Gasteiger partial charge is 0.0842 e. The fourth-order valence-corrected chi connectivity index (χ4v) is 2.97. The van der Waals surface area contributed by atoms with Crippen molar-refractivity contribution in [1.29, 1.82) is 0 Å². The van der Waals surface area contributed by atoms with Gasteiger partial charge in [-0.25, -0.2) is 0 Å². The van der Waals surface area contributed by atoms with Crippen molar-refractivity contribution in [3.63, 3.8) is 0 Å². The molecule has 0 saturated heterocycles. The maximum Gasteiger partial charge on any atom is 0.0842 e. The van der Waals surface area contributed by atoms with Crippen molar-refractivity contribution in [3.8, 4) is 0 Å². The second-order valence-electron chi connectivity index (χ2n) is 4.38. The molecule has 0 saturated carbocycles. The van der Waals surface area contributed by atoms with Crippen molar-refractivity contribution in [2.24, 2.45) is 0 Å². The molecular formula is C15H13IN2. The van der Waals surface area contributed by atoms with E-state index in [0.29, 0.717) is 0 Å². The Morgan fingerprint density at radius 2 is 1.94 bits per heavy atom. The van der Waals surface area contributed by atoms with Gasteiger partial charge in [0, 0.05) is 24.3 Å². The molecule has 0 bridgehead atoms. The second-order valence-corrected chi connectivity index (χ2v) is 5.40. The van der Waals surface area contributed by atoms with E-state index in [4.69, 9.17) is 0 Å². The predicted octanol–water partition coefficient (Wildman–Crippen LogP) is 4.00. The van der Waals surface area contributed by atoms with Crippen LogP contribution >= 0.6 is 22.6 Å². The highest BCUT2D eigenvalue weighted by Gasteiger charge is 2.11. The maximum absolute atomic E-state index is 4.22. The van der Waals surface area contributed by atoms with Crippen molar-refractivity contribution >= 4 is 33.5 Å². The zero-order chi connectivity index (χ0) is 12.5. The number of aromatic nitrogens is 2. The number of rotatable bonds is 2. The summed E-state index contributed by atoms with van der Waals surface area (Å²) >= 11 is 2.42. The Kier molecular flexibility index (Phi) is 3.07. The summed E-state index contributed by atoms with van der Waals surface area (Å²) in [5.74, 6) is 0. The molecule has 2 aromatic heterocycles. The van der Waals surface area contributed by atoms with E-state index in [1.54, 1.807) is 0 Å². The van der Waals surface area contributed by atoms with Crippen molar-refractivity contribution in [3.05, 3.63) is 63.6 Å². The molecule has 90 valence electrons. The first-order valence-electron chi connectivity index (χ1n) is 5.89. The van der Waals surface area contributed by atoms with Crippen molar-refractivity contribution < 1.29 is 0 Å². The molecule has 0 amide bonds. The van der Waals surface area contributed by atoms with E-state index in [2.05, 4.69) is 75.5 Å². The number of halogens is 1. The fourth-order valence-electron chi connectivity index (χ4n) is 2.25. The molecule has 0 aliphatic rings. The lowest BCUT2D eigenvalue weighted by molar-refractivity contribution is 0.811. The molecule has 0 radical (unpaired) electrons. The predicted molar refractivity (Wildman–Crippen MR) is 82.7 cm³/mol. The monoisotopic (exact) mass is 348 g/mol. The lowest BCUT2D eigenvalue weighted by atomic mass is 10.2. The Balaban J connectivity index is 2.15. The second kappa shape index (κ2) is 4.72. The van der Waals surface area contributed by atoms with E-state index in [-0.39, 0.29) is 0 Å². The standard InChI is InChI=1S/C15H13IN2/c1-11-13-9-17-8-7-14(13)18(15(11)16)10-12-5-3-2-4-6-12/h2-9H,10H2,1H3. The summed E-state index contributed by atoms with van der Waals surface area (Å²) in [5.41, 5.74) is 3.90. The van der Waals surface area contributed by atoms with Gasteiger partial charge in [0.2, 0.25) is 0 Å². The van der Waals surface area contributed by atoms with Gasteiger partial charge in [0.25, 0.3) is 0 Å². The minimum Gasteiger partial charge on any atom is -0.331 e. The minimum absolute atomic E-state index is 0.910. The Morgan fingerprint density at radius 1 is 1.17 bits per heavy atom. The first-order valence-corrected chi connectivity index (χ1v) is 6.97. The van der Waals surface area contributed by atoms with Gasteiger partial charge in [-0.15, -0.1) is 0 Å².